The van der Waals surface area contributed by atoms with E-state index in [0.29, 0.717) is 18.0 Å². The fourth-order valence-electron chi connectivity index (χ4n) is 2.71. The summed E-state index contributed by atoms with van der Waals surface area (Å²) in [5.74, 6) is 0.529. The normalized spacial score (nSPS) is 14.0. The first-order chi connectivity index (χ1) is 10.2. The van der Waals surface area contributed by atoms with E-state index >= 15 is 0 Å². The molecule has 3 aromatic rings. The van der Waals surface area contributed by atoms with E-state index in [1.54, 1.807) is 23.0 Å². The van der Waals surface area contributed by atoms with Gasteiger partial charge in [-0.1, -0.05) is 12.1 Å². The Morgan fingerprint density at radius 1 is 1.24 bits per heavy atom. The monoisotopic (exact) mass is 279 g/mol. The van der Waals surface area contributed by atoms with E-state index in [0.717, 1.165) is 28.7 Å². The first-order valence-electron chi connectivity index (χ1n) is 6.74. The third kappa shape index (κ3) is 1.76. The van der Waals surface area contributed by atoms with Gasteiger partial charge in [0.1, 0.15) is 5.82 Å². The minimum atomic E-state index is -0.0172. The maximum absolute atomic E-state index is 11.8. The number of nitrogens with zero attached hydrogens (tertiary/aromatic N) is 3. The lowest BCUT2D eigenvalue weighted by molar-refractivity contribution is 0.0946. The number of fused-ring (bicyclic) bond motifs is 2. The first-order valence-corrected chi connectivity index (χ1v) is 6.74. The van der Waals surface area contributed by atoms with Crippen LogP contribution in [0.3, 0.4) is 0 Å². The second-order valence-electron chi connectivity index (χ2n) is 5.04. The number of rotatable bonds is 1. The number of hydrogen-bond acceptors (Lipinski definition) is 4. The van der Waals surface area contributed by atoms with Gasteiger partial charge in [-0.15, -0.1) is 0 Å². The molecule has 3 N–H and O–H groups in total. The van der Waals surface area contributed by atoms with Gasteiger partial charge in [0.25, 0.3) is 5.91 Å². The summed E-state index contributed by atoms with van der Waals surface area (Å²) >= 11 is 0. The minimum Gasteiger partial charge on any atom is -0.383 e. The van der Waals surface area contributed by atoms with Gasteiger partial charge in [-0.3, -0.25) is 4.79 Å². The lowest BCUT2D eigenvalue weighted by Crippen LogP contribution is -2.31. The molecule has 0 saturated carbocycles. The van der Waals surface area contributed by atoms with Crippen LogP contribution in [0.2, 0.25) is 0 Å². The van der Waals surface area contributed by atoms with Crippen LogP contribution < -0.4 is 11.1 Å². The molecule has 6 heteroatoms. The van der Waals surface area contributed by atoms with Crippen molar-refractivity contribution in [1.82, 2.24) is 19.9 Å². The molecule has 0 radical (unpaired) electrons. The third-order valence-corrected chi connectivity index (χ3v) is 3.79. The summed E-state index contributed by atoms with van der Waals surface area (Å²) in [6, 6.07) is 7.55. The van der Waals surface area contributed by atoms with Crippen molar-refractivity contribution in [2.45, 2.75) is 6.42 Å². The molecule has 1 aromatic carbocycles. The SMILES string of the molecule is Nc1c(-c2ccc3c(c2)CCNC3=O)cnc2ccnn12. The maximum Gasteiger partial charge on any atom is 0.251 e. The van der Waals surface area contributed by atoms with Crippen LogP contribution in [0.4, 0.5) is 5.82 Å². The minimum absolute atomic E-state index is 0.0172. The Labute approximate surface area is 120 Å². The number of aromatic nitrogens is 3. The van der Waals surface area contributed by atoms with Crippen molar-refractivity contribution >= 4 is 17.4 Å². The zero-order chi connectivity index (χ0) is 14.4. The summed E-state index contributed by atoms with van der Waals surface area (Å²) in [7, 11) is 0. The smallest absolute Gasteiger partial charge is 0.251 e. The Hall–Kier alpha value is -2.89. The zero-order valence-electron chi connectivity index (χ0n) is 11.2. The van der Waals surface area contributed by atoms with Crippen molar-refractivity contribution in [3.63, 3.8) is 0 Å². The van der Waals surface area contributed by atoms with E-state index in [1.165, 1.54) is 0 Å². The fraction of sp³-hybridized carbons (Fsp3) is 0.133. The van der Waals surface area contributed by atoms with E-state index in [9.17, 15) is 4.79 Å². The van der Waals surface area contributed by atoms with Crippen LogP contribution >= 0.6 is 0 Å². The molecule has 2 aromatic heterocycles. The molecule has 0 bridgehead atoms. The summed E-state index contributed by atoms with van der Waals surface area (Å²) in [5.41, 5.74) is 10.4. The predicted molar refractivity (Wildman–Crippen MR) is 78.9 cm³/mol. The van der Waals surface area contributed by atoms with E-state index in [1.807, 2.05) is 18.2 Å². The number of nitrogens with one attached hydrogen (secondary N) is 1. The topological polar surface area (TPSA) is 85.3 Å². The van der Waals surface area contributed by atoms with Crippen LogP contribution in [0.1, 0.15) is 15.9 Å². The number of nitrogens with two attached hydrogens (primary N) is 1. The van der Waals surface area contributed by atoms with Crippen molar-refractivity contribution in [2.75, 3.05) is 12.3 Å². The highest BCUT2D eigenvalue weighted by molar-refractivity contribution is 5.97. The molecule has 1 aliphatic rings. The third-order valence-electron chi connectivity index (χ3n) is 3.79. The second-order valence-corrected chi connectivity index (χ2v) is 5.04. The number of benzene rings is 1. The van der Waals surface area contributed by atoms with Gasteiger partial charge in [0.05, 0.1) is 6.20 Å². The van der Waals surface area contributed by atoms with Crippen LogP contribution in [0.15, 0.2) is 36.7 Å². The average molecular weight is 279 g/mol. The molecule has 104 valence electrons. The van der Waals surface area contributed by atoms with E-state index in [-0.39, 0.29) is 5.91 Å². The highest BCUT2D eigenvalue weighted by Gasteiger charge is 2.18. The number of hydrogen-bond donors (Lipinski definition) is 2. The largest absolute Gasteiger partial charge is 0.383 e. The number of carbonyl (C=O) groups is 1. The lowest BCUT2D eigenvalue weighted by Gasteiger charge is -2.17. The molecule has 1 aliphatic heterocycles. The van der Waals surface area contributed by atoms with Gasteiger partial charge in [-0.25, -0.2) is 4.98 Å². The van der Waals surface area contributed by atoms with E-state index < -0.39 is 0 Å². The van der Waals surface area contributed by atoms with E-state index in [4.69, 9.17) is 5.73 Å². The van der Waals surface area contributed by atoms with Crippen LogP contribution in [0.5, 0.6) is 0 Å². The van der Waals surface area contributed by atoms with Crippen LogP contribution in [-0.4, -0.2) is 27.0 Å². The van der Waals surface area contributed by atoms with E-state index in [2.05, 4.69) is 15.4 Å². The van der Waals surface area contributed by atoms with Crippen LogP contribution in [0.25, 0.3) is 16.8 Å². The van der Waals surface area contributed by atoms with Crippen LogP contribution in [-0.2, 0) is 6.42 Å². The van der Waals surface area contributed by atoms with Gasteiger partial charge in [0.15, 0.2) is 5.65 Å². The van der Waals surface area contributed by atoms with Gasteiger partial charge in [0.2, 0.25) is 0 Å². The molecule has 21 heavy (non-hydrogen) atoms. The van der Waals surface area contributed by atoms with Crippen molar-refractivity contribution in [1.29, 1.82) is 0 Å². The molecule has 3 heterocycles. The summed E-state index contributed by atoms with van der Waals surface area (Å²) < 4.78 is 1.61. The van der Waals surface area contributed by atoms with Crippen molar-refractivity contribution in [2.24, 2.45) is 0 Å². The van der Waals surface area contributed by atoms with Crippen molar-refractivity contribution in [3.8, 4) is 11.1 Å². The van der Waals surface area contributed by atoms with Gasteiger partial charge in [-0.2, -0.15) is 9.61 Å². The molecule has 0 spiro atoms. The highest BCUT2D eigenvalue weighted by atomic mass is 16.1. The average Bonchev–Trinajstić information content (AvgIpc) is 2.97. The maximum atomic E-state index is 11.8. The molecule has 6 nitrogen and oxygen atoms in total. The summed E-state index contributed by atoms with van der Waals surface area (Å²) in [6.07, 6.45) is 4.24. The van der Waals surface area contributed by atoms with Gasteiger partial charge >= 0.3 is 0 Å². The zero-order valence-corrected chi connectivity index (χ0v) is 11.2. The first kappa shape index (κ1) is 11.9. The lowest BCUT2D eigenvalue weighted by atomic mass is 9.95. The molecular formula is C15H13N5O. The molecule has 0 aliphatic carbocycles. The van der Waals surface area contributed by atoms with Crippen molar-refractivity contribution in [3.05, 3.63) is 47.8 Å². The highest BCUT2D eigenvalue weighted by Crippen LogP contribution is 2.28. The standard InChI is InChI=1S/C15H13N5O/c16-14-12(8-18-13-4-6-19-20(13)14)9-1-2-11-10(7-9)3-5-17-15(11)21/h1-2,4,6-8H,3,5,16H2,(H,17,21). The molecular weight excluding hydrogens is 266 g/mol. The fourth-order valence-corrected chi connectivity index (χ4v) is 2.71. The number of anilines is 1. The Morgan fingerprint density at radius 2 is 2.14 bits per heavy atom. The Bertz CT molecular complexity index is 868. The van der Waals surface area contributed by atoms with Crippen molar-refractivity contribution < 1.29 is 4.79 Å². The van der Waals surface area contributed by atoms with Crippen LogP contribution in [0, 0.1) is 0 Å². The summed E-state index contributed by atoms with van der Waals surface area (Å²) in [5, 5.41) is 7.01. The molecule has 0 unspecified atom stereocenters. The summed E-state index contributed by atoms with van der Waals surface area (Å²) in [6.45, 7) is 0.668. The molecule has 0 saturated heterocycles. The van der Waals surface area contributed by atoms with Gasteiger partial charge in [0, 0.05) is 29.9 Å². The van der Waals surface area contributed by atoms with Gasteiger partial charge in [-0.05, 0) is 23.6 Å². The number of carbonyl (C=O) groups excluding carboxylic acids is 1. The number of nitrogen functional groups attached to an aromatic ring is 1. The predicted octanol–water partition coefficient (Wildman–Crippen LogP) is 1.26. The Balaban J connectivity index is 1.89. The molecule has 0 fully saturated rings. The second kappa shape index (κ2) is 4.31. The Kier molecular flexibility index (Phi) is 2.44. The molecule has 4 rings (SSSR count). The molecule has 1 amide bonds. The van der Waals surface area contributed by atoms with Gasteiger partial charge < -0.3 is 11.1 Å². The number of amides is 1. The molecule has 0 atom stereocenters. The Morgan fingerprint density at radius 3 is 3.05 bits per heavy atom. The quantitative estimate of drug-likeness (QED) is 0.702. The summed E-state index contributed by atoms with van der Waals surface area (Å²) in [4.78, 5) is 16.1.